The van der Waals surface area contributed by atoms with Gasteiger partial charge in [-0.25, -0.2) is 0 Å². The molecule has 2 heterocycles. The van der Waals surface area contributed by atoms with Crippen LogP contribution in [-0.2, 0) is 25.9 Å². The van der Waals surface area contributed by atoms with Crippen LogP contribution in [0.15, 0.2) is 73.3 Å². The fourth-order valence-electron chi connectivity index (χ4n) is 2.43. The molecule has 0 fully saturated rings. The number of aryl methyl sites for hydroxylation is 4. The molecule has 0 unspecified atom stereocenters. The minimum Gasteiger partial charge on any atom is -0.354 e. The third-order valence-corrected chi connectivity index (χ3v) is 3.67. The van der Waals surface area contributed by atoms with Gasteiger partial charge in [-0.3, -0.25) is 0 Å². The van der Waals surface area contributed by atoms with Crippen molar-refractivity contribution in [1.82, 2.24) is 9.13 Å². The van der Waals surface area contributed by atoms with E-state index in [0.717, 1.165) is 25.9 Å². The number of benzene rings is 1. The summed E-state index contributed by atoms with van der Waals surface area (Å²) >= 11 is 0. The molecule has 1 aromatic carbocycles. The van der Waals surface area contributed by atoms with Gasteiger partial charge in [0.15, 0.2) is 0 Å². The van der Waals surface area contributed by atoms with Gasteiger partial charge in [-0.05, 0) is 48.2 Å². The Kier molecular flexibility index (Phi) is 4.02. The van der Waals surface area contributed by atoms with Gasteiger partial charge < -0.3 is 9.13 Å². The maximum Gasteiger partial charge on any atom is 0.0260 e. The molecular weight excluding hydrogens is 244 g/mol. The third-order valence-electron chi connectivity index (χ3n) is 3.67. The van der Waals surface area contributed by atoms with Crippen molar-refractivity contribution in [2.75, 3.05) is 0 Å². The smallest absolute Gasteiger partial charge is 0.0260 e. The number of hydrogen-bond acceptors (Lipinski definition) is 0. The minimum atomic E-state index is 1.05. The average molecular weight is 264 g/mol. The summed E-state index contributed by atoms with van der Waals surface area (Å²) in [6.45, 7) is 2.10. The largest absolute Gasteiger partial charge is 0.354 e. The first-order chi connectivity index (χ1) is 9.90. The molecule has 0 amide bonds. The maximum atomic E-state index is 2.26. The second kappa shape index (κ2) is 6.29. The van der Waals surface area contributed by atoms with Crippen LogP contribution < -0.4 is 0 Å². The highest BCUT2D eigenvalue weighted by Gasteiger charge is 1.97. The molecule has 3 rings (SSSR count). The van der Waals surface area contributed by atoms with Crippen molar-refractivity contribution in [1.29, 1.82) is 0 Å². The predicted molar refractivity (Wildman–Crippen MR) is 82.7 cm³/mol. The number of nitrogens with zero attached hydrogens (tertiary/aromatic N) is 2. The fourth-order valence-corrected chi connectivity index (χ4v) is 2.43. The summed E-state index contributed by atoms with van der Waals surface area (Å²) < 4.78 is 4.44. The van der Waals surface area contributed by atoms with Crippen LogP contribution in [0.25, 0.3) is 0 Å². The number of aromatic nitrogens is 2. The molecule has 102 valence electrons. The molecule has 0 saturated heterocycles. The van der Waals surface area contributed by atoms with E-state index in [0.29, 0.717) is 0 Å². The van der Waals surface area contributed by atoms with Gasteiger partial charge in [-0.2, -0.15) is 0 Å². The quantitative estimate of drug-likeness (QED) is 0.641. The van der Waals surface area contributed by atoms with Crippen LogP contribution in [0.2, 0.25) is 0 Å². The first kappa shape index (κ1) is 12.8. The summed E-state index contributed by atoms with van der Waals surface area (Å²) in [5.41, 5.74) is 2.81. The zero-order valence-electron chi connectivity index (χ0n) is 11.7. The molecule has 0 radical (unpaired) electrons. The second-order valence-corrected chi connectivity index (χ2v) is 5.16. The van der Waals surface area contributed by atoms with E-state index in [9.17, 15) is 0 Å². The lowest BCUT2D eigenvalue weighted by atomic mass is 10.1. The summed E-state index contributed by atoms with van der Waals surface area (Å²) in [6, 6.07) is 17.3. The van der Waals surface area contributed by atoms with Gasteiger partial charge in [0.05, 0.1) is 0 Å². The zero-order chi connectivity index (χ0) is 13.6. The molecule has 2 heteroatoms. The predicted octanol–water partition coefficient (Wildman–Crippen LogP) is 3.78. The Morgan fingerprint density at radius 3 is 1.25 bits per heavy atom. The Labute approximate surface area is 120 Å². The summed E-state index contributed by atoms with van der Waals surface area (Å²) in [6.07, 6.45) is 10.6. The van der Waals surface area contributed by atoms with Crippen LogP contribution in [0.1, 0.15) is 11.1 Å². The molecule has 3 aromatic rings. The van der Waals surface area contributed by atoms with Crippen LogP contribution >= 0.6 is 0 Å². The number of rotatable bonds is 6. The summed E-state index contributed by atoms with van der Waals surface area (Å²) in [5.74, 6) is 0. The molecule has 2 aromatic heterocycles. The van der Waals surface area contributed by atoms with E-state index in [1.165, 1.54) is 11.1 Å². The molecule has 0 bridgehead atoms. The summed E-state index contributed by atoms with van der Waals surface area (Å²) in [4.78, 5) is 0. The molecule has 0 spiro atoms. The van der Waals surface area contributed by atoms with Crippen molar-refractivity contribution in [3.63, 3.8) is 0 Å². The van der Waals surface area contributed by atoms with Crippen LogP contribution in [0.4, 0.5) is 0 Å². The molecule has 20 heavy (non-hydrogen) atoms. The summed E-state index contributed by atoms with van der Waals surface area (Å²) in [5, 5.41) is 0. The molecule has 0 atom stereocenters. The minimum absolute atomic E-state index is 1.05. The standard InChI is InChI=1S/C18H20N2/c1-2-12-19(11-1)15-9-17-5-7-18(8-6-17)10-16-20-13-3-4-14-20/h1-8,11-14H,9-10,15-16H2. The van der Waals surface area contributed by atoms with Crippen LogP contribution in [0.3, 0.4) is 0 Å². The molecule has 0 aliphatic rings. The van der Waals surface area contributed by atoms with Crippen LogP contribution in [0, 0.1) is 0 Å². The molecule has 0 saturated carbocycles. The summed E-state index contributed by atoms with van der Waals surface area (Å²) in [7, 11) is 0. The lowest BCUT2D eigenvalue weighted by Gasteiger charge is -2.06. The van der Waals surface area contributed by atoms with Gasteiger partial charge in [-0.1, -0.05) is 24.3 Å². The first-order valence-electron chi connectivity index (χ1n) is 7.19. The van der Waals surface area contributed by atoms with E-state index in [4.69, 9.17) is 0 Å². The number of hydrogen-bond donors (Lipinski definition) is 0. The molecule has 0 N–H and O–H groups in total. The zero-order valence-corrected chi connectivity index (χ0v) is 11.7. The Balaban J connectivity index is 1.51. The highest BCUT2D eigenvalue weighted by Crippen LogP contribution is 2.08. The lowest BCUT2D eigenvalue weighted by molar-refractivity contribution is 0.695. The van der Waals surface area contributed by atoms with Gasteiger partial charge in [-0.15, -0.1) is 0 Å². The van der Waals surface area contributed by atoms with Crippen molar-refractivity contribution in [2.45, 2.75) is 25.9 Å². The maximum absolute atomic E-state index is 2.26. The Hall–Kier alpha value is -2.22. The van der Waals surface area contributed by atoms with Crippen LogP contribution in [0.5, 0.6) is 0 Å². The molecule has 0 aliphatic carbocycles. The normalized spacial score (nSPS) is 10.8. The molecular formula is C18H20N2. The van der Waals surface area contributed by atoms with E-state index in [1.807, 2.05) is 0 Å². The van der Waals surface area contributed by atoms with E-state index < -0.39 is 0 Å². The van der Waals surface area contributed by atoms with Gasteiger partial charge in [0.25, 0.3) is 0 Å². The van der Waals surface area contributed by atoms with Gasteiger partial charge in [0.1, 0.15) is 0 Å². The Morgan fingerprint density at radius 1 is 0.550 bits per heavy atom. The fraction of sp³-hybridized carbons (Fsp3) is 0.222. The van der Waals surface area contributed by atoms with Gasteiger partial charge in [0.2, 0.25) is 0 Å². The Bertz CT molecular complexity index is 547. The van der Waals surface area contributed by atoms with Crippen molar-refractivity contribution in [3.05, 3.63) is 84.4 Å². The highest BCUT2D eigenvalue weighted by molar-refractivity contribution is 5.22. The topological polar surface area (TPSA) is 9.86 Å². The lowest BCUT2D eigenvalue weighted by Crippen LogP contribution is -2.00. The van der Waals surface area contributed by atoms with E-state index in [1.54, 1.807) is 0 Å². The van der Waals surface area contributed by atoms with Gasteiger partial charge >= 0.3 is 0 Å². The monoisotopic (exact) mass is 264 g/mol. The van der Waals surface area contributed by atoms with Crippen molar-refractivity contribution in [3.8, 4) is 0 Å². The molecule has 2 nitrogen and oxygen atoms in total. The Morgan fingerprint density at radius 2 is 0.900 bits per heavy atom. The van der Waals surface area contributed by atoms with E-state index in [-0.39, 0.29) is 0 Å². The van der Waals surface area contributed by atoms with E-state index in [2.05, 4.69) is 82.5 Å². The highest BCUT2D eigenvalue weighted by atomic mass is 14.9. The third kappa shape index (κ3) is 3.41. The van der Waals surface area contributed by atoms with Crippen molar-refractivity contribution < 1.29 is 0 Å². The van der Waals surface area contributed by atoms with Crippen LogP contribution in [-0.4, -0.2) is 9.13 Å². The van der Waals surface area contributed by atoms with E-state index >= 15 is 0 Å². The van der Waals surface area contributed by atoms with Gasteiger partial charge in [0, 0.05) is 37.9 Å². The van der Waals surface area contributed by atoms with Crippen molar-refractivity contribution >= 4 is 0 Å². The van der Waals surface area contributed by atoms with Crippen molar-refractivity contribution in [2.24, 2.45) is 0 Å². The average Bonchev–Trinajstić information content (AvgIpc) is 3.17. The molecule has 0 aliphatic heterocycles. The SMILES string of the molecule is c1ccn(CCc2ccc(CCn3cccc3)cc2)c1. The second-order valence-electron chi connectivity index (χ2n) is 5.16. The first-order valence-corrected chi connectivity index (χ1v) is 7.19.